The third kappa shape index (κ3) is 18.3. The van der Waals surface area contributed by atoms with Gasteiger partial charge in [0.25, 0.3) is 0 Å². The lowest BCUT2D eigenvalue weighted by Gasteiger charge is -2.29. The maximum Gasteiger partial charge on any atom is 0.0207 e. The molecule has 1 unspecified atom stereocenters. The summed E-state index contributed by atoms with van der Waals surface area (Å²) in [4.78, 5) is 9.89. The molecule has 0 radical (unpaired) electrons. The Kier molecular flexibility index (Phi) is 16.4. The molecular formula is C24H55N5. The summed E-state index contributed by atoms with van der Waals surface area (Å²) in [6, 6.07) is 0.561. The van der Waals surface area contributed by atoms with Crippen molar-refractivity contribution in [1.29, 1.82) is 0 Å². The molecule has 0 heterocycles. The maximum absolute atomic E-state index is 3.86. The van der Waals surface area contributed by atoms with Gasteiger partial charge in [0.2, 0.25) is 0 Å². The minimum Gasteiger partial charge on any atom is -0.311 e. The third-order valence-electron chi connectivity index (χ3n) is 5.21. The summed E-state index contributed by atoms with van der Waals surface area (Å²) in [5, 5.41) is 3.86. The van der Waals surface area contributed by atoms with Crippen molar-refractivity contribution in [2.75, 3.05) is 87.1 Å². The van der Waals surface area contributed by atoms with Gasteiger partial charge >= 0.3 is 0 Å². The first-order valence-corrected chi connectivity index (χ1v) is 12.0. The molecule has 176 valence electrons. The van der Waals surface area contributed by atoms with Crippen LogP contribution in [0.5, 0.6) is 0 Å². The fraction of sp³-hybridized carbons (Fsp3) is 1.00. The molecule has 0 aliphatic heterocycles. The Balaban J connectivity index is 4.36. The van der Waals surface area contributed by atoms with Gasteiger partial charge in [-0.25, -0.2) is 0 Å². The molecule has 0 rings (SSSR count). The van der Waals surface area contributed by atoms with Crippen LogP contribution in [-0.4, -0.2) is 113 Å². The highest BCUT2D eigenvalue weighted by Gasteiger charge is 2.14. The first kappa shape index (κ1) is 28.8. The topological polar surface area (TPSA) is 25.0 Å². The number of rotatable bonds is 18. The van der Waals surface area contributed by atoms with Crippen LogP contribution in [0, 0.1) is 17.8 Å². The quantitative estimate of drug-likeness (QED) is 0.372. The molecule has 0 aliphatic carbocycles. The lowest BCUT2D eigenvalue weighted by atomic mass is 10.1. The van der Waals surface area contributed by atoms with Crippen LogP contribution in [0.15, 0.2) is 0 Å². The van der Waals surface area contributed by atoms with E-state index >= 15 is 0 Å². The number of hydrogen-bond donors (Lipinski definition) is 1. The predicted molar refractivity (Wildman–Crippen MR) is 131 cm³/mol. The van der Waals surface area contributed by atoms with Crippen LogP contribution in [0.3, 0.4) is 0 Å². The molecule has 5 heteroatoms. The molecule has 0 aromatic carbocycles. The van der Waals surface area contributed by atoms with Crippen LogP contribution in [0.25, 0.3) is 0 Å². The van der Waals surface area contributed by atoms with Gasteiger partial charge in [-0.05, 0) is 58.9 Å². The molecule has 0 amide bonds. The van der Waals surface area contributed by atoms with E-state index < -0.39 is 0 Å². The smallest absolute Gasteiger partial charge is 0.0207 e. The first-order valence-electron chi connectivity index (χ1n) is 12.0. The molecule has 0 saturated heterocycles. The number of nitrogens with one attached hydrogen (secondary N) is 1. The molecule has 0 aromatic rings. The molecule has 0 aromatic heterocycles. The van der Waals surface area contributed by atoms with Crippen LogP contribution in [0.4, 0.5) is 0 Å². The van der Waals surface area contributed by atoms with Gasteiger partial charge in [-0.2, -0.15) is 0 Å². The molecule has 1 N–H and O–H groups in total. The van der Waals surface area contributed by atoms with Gasteiger partial charge in [0.15, 0.2) is 0 Å². The molecule has 0 bridgehead atoms. The van der Waals surface area contributed by atoms with Gasteiger partial charge in [0.1, 0.15) is 0 Å². The third-order valence-corrected chi connectivity index (χ3v) is 5.21. The van der Waals surface area contributed by atoms with E-state index in [2.05, 4.69) is 94.6 Å². The van der Waals surface area contributed by atoms with Gasteiger partial charge in [0.05, 0.1) is 0 Å². The van der Waals surface area contributed by atoms with Crippen molar-refractivity contribution in [3.63, 3.8) is 0 Å². The minimum absolute atomic E-state index is 0.561. The summed E-state index contributed by atoms with van der Waals surface area (Å²) in [7, 11) is 9.01. The Morgan fingerprint density at radius 1 is 0.517 bits per heavy atom. The summed E-state index contributed by atoms with van der Waals surface area (Å²) in [5.41, 5.74) is 0. The zero-order valence-corrected chi connectivity index (χ0v) is 21.7. The molecule has 0 aliphatic rings. The van der Waals surface area contributed by atoms with Crippen molar-refractivity contribution in [1.82, 2.24) is 24.9 Å². The predicted octanol–water partition coefficient (Wildman–Crippen LogP) is 3.03. The lowest BCUT2D eigenvalue weighted by molar-refractivity contribution is 0.217. The average Bonchev–Trinajstić information content (AvgIpc) is 2.55. The largest absolute Gasteiger partial charge is 0.311 e. The highest BCUT2D eigenvalue weighted by molar-refractivity contribution is 4.74. The lowest BCUT2D eigenvalue weighted by Crippen LogP contribution is -2.45. The van der Waals surface area contributed by atoms with Crippen LogP contribution in [0.2, 0.25) is 0 Å². The highest BCUT2D eigenvalue weighted by Crippen LogP contribution is 2.03. The van der Waals surface area contributed by atoms with E-state index in [-0.39, 0.29) is 0 Å². The Morgan fingerprint density at radius 3 is 1.48 bits per heavy atom. The van der Waals surface area contributed by atoms with Gasteiger partial charge in [-0.3, -0.25) is 0 Å². The number of hydrogen-bond acceptors (Lipinski definition) is 5. The van der Waals surface area contributed by atoms with E-state index in [4.69, 9.17) is 0 Å². The van der Waals surface area contributed by atoms with Gasteiger partial charge in [-0.1, -0.05) is 41.5 Å². The van der Waals surface area contributed by atoms with Crippen molar-refractivity contribution in [3.8, 4) is 0 Å². The Morgan fingerprint density at radius 2 is 0.966 bits per heavy atom. The van der Waals surface area contributed by atoms with Crippen molar-refractivity contribution >= 4 is 0 Å². The summed E-state index contributed by atoms with van der Waals surface area (Å²) < 4.78 is 0. The average molecular weight is 414 g/mol. The molecule has 0 fully saturated rings. The Bertz CT molecular complexity index is 372. The van der Waals surface area contributed by atoms with E-state index in [0.29, 0.717) is 6.04 Å². The summed E-state index contributed by atoms with van der Waals surface area (Å²) in [6.45, 7) is 24.1. The second-order valence-electron chi connectivity index (χ2n) is 10.7. The Hall–Kier alpha value is -0.200. The Labute approximate surface area is 184 Å². The van der Waals surface area contributed by atoms with Crippen molar-refractivity contribution < 1.29 is 0 Å². The zero-order valence-electron chi connectivity index (χ0n) is 21.7. The van der Waals surface area contributed by atoms with Gasteiger partial charge < -0.3 is 24.9 Å². The van der Waals surface area contributed by atoms with E-state index in [9.17, 15) is 0 Å². The van der Waals surface area contributed by atoms with Crippen LogP contribution in [0.1, 0.15) is 48.0 Å². The zero-order chi connectivity index (χ0) is 22.4. The molecule has 5 nitrogen and oxygen atoms in total. The molecule has 0 saturated carbocycles. The summed E-state index contributed by atoms with van der Waals surface area (Å²) >= 11 is 0. The van der Waals surface area contributed by atoms with E-state index in [1.807, 2.05) is 0 Å². The monoisotopic (exact) mass is 413 g/mol. The van der Waals surface area contributed by atoms with Crippen molar-refractivity contribution in [3.05, 3.63) is 0 Å². The normalized spacial score (nSPS) is 14.0. The number of nitrogens with zero attached hydrogens (tertiary/aromatic N) is 4. The van der Waals surface area contributed by atoms with Crippen LogP contribution < -0.4 is 5.32 Å². The van der Waals surface area contributed by atoms with Crippen LogP contribution in [-0.2, 0) is 0 Å². The summed E-state index contributed by atoms with van der Waals surface area (Å²) in [6.07, 6.45) is 1.21. The molecular weight excluding hydrogens is 358 g/mol. The molecule has 29 heavy (non-hydrogen) atoms. The van der Waals surface area contributed by atoms with Crippen molar-refractivity contribution in [2.24, 2.45) is 17.8 Å². The minimum atomic E-state index is 0.561. The standard InChI is InChI=1S/C24H55N5/c1-21(2)17-27(8)13-11-24(20-29(10)19-23(5)6)25-12-14-26(7)15-16-28(9)18-22(3)4/h21-25H,11-20H2,1-10H3. The van der Waals surface area contributed by atoms with E-state index in [1.165, 1.54) is 32.6 Å². The maximum atomic E-state index is 3.86. The van der Waals surface area contributed by atoms with E-state index in [0.717, 1.165) is 50.5 Å². The second-order valence-corrected chi connectivity index (χ2v) is 10.7. The van der Waals surface area contributed by atoms with E-state index in [1.54, 1.807) is 0 Å². The molecule has 1 atom stereocenters. The van der Waals surface area contributed by atoms with Crippen molar-refractivity contribution in [2.45, 2.75) is 54.0 Å². The summed E-state index contributed by atoms with van der Waals surface area (Å²) in [5.74, 6) is 2.19. The SMILES string of the molecule is CC(C)CN(C)CCC(CN(C)CC(C)C)NCCN(C)CCN(C)CC(C)C. The fourth-order valence-corrected chi connectivity index (χ4v) is 4.05. The fourth-order valence-electron chi connectivity index (χ4n) is 4.05. The van der Waals surface area contributed by atoms with Crippen LogP contribution >= 0.6 is 0 Å². The second kappa shape index (κ2) is 16.5. The first-order chi connectivity index (χ1) is 13.5. The highest BCUT2D eigenvalue weighted by atomic mass is 15.2. The molecule has 0 spiro atoms. The number of likely N-dealkylation sites (N-methyl/N-ethyl adjacent to an activating group) is 3. The van der Waals surface area contributed by atoms with Gasteiger partial charge in [0, 0.05) is 58.4 Å². The van der Waals surface area contributed by atoms with Gasteiger partial charge in [-0.15, -0.1) is 0 Å².